The van der Waals surface area contributed by atoms with Gasteiger partial charge in [-0.3, -0.25) is 9.78 Å². The lowest BCUT2D eigenvalue weighted by Gasteiger charge is -2.07. The molecule has 164 valence electrons. The molecule has 0 saturated heterocycles. The van der Waals surface area contributed by atoms with Crippen LogP contribution >= 0.6 is 12.2 Å². The first-order chi connectivity index (χ1) is 14.0. The van der Waals surface area contributed by atoms with Crippen LogP contribution in [0.5, 0.6) is 0 Å². The second kappa shape index (κ2) is 15.2. The van der Waals surface area contributed by atoms with Crippen molar-refractivity contribution >= 4 is 18.2 Å². The number of aliphatic hydroxyl groups is 1. The van der Waals surface area contributed by atoms with Crippen molar-refractivity contribution in [3.8, 4) is 0 Å². The number of allylic oxidation sites excluding steroid dienone is 1. The van der Waals surface area contributed by atoms with Gasteiger partial charge >= 0.3 is 5.97 Å². The molecule has 0 fully saturated rings. The van der Waals surface area contributed by atoms with E-state index in [1.54, 1.807) is 0 Å². The van der Waals surface area contributed by atoms with E-state index in [-0.39, 0.29) is 22.1 Å². The topological polar surface area (TPSA) is 95.2 Å². The SMILES string of the molecule is CCCCCCC(O)C/C=C/CCCCCCc1c(C(=O)OC)[nH]c(=S)[nH]c1=O. The molecule has 1 aromatic heterocycles. The molecule has 0 spiro atoms. The molecular weight excluding hydrogens is 388 g/mol. The van der Waals surface area contributed by atoms with Crippen molar-refractivity contribution in [3.63, 3.8) is 0 Å². The van der Waals surface area contributed by atoms with Crippen LogP contribution < -0.4 is 5.56 Å². The fourth-order valence-electron chi connectivity index (χ4n) is 3.24. The monoisotopic (exact) mass is 424 g/mol. The van der Waals surface area contributed by atoms with E-state index in [4.69, 9.17) is 17.0 Å². The van der Waals surface area contributed by atoms with Crippen LogP contribution in [0, 0.1) is 4.77 Å². The molecule has 0 aliphatic carbocycles. The van der Waals surface area contributed by atoms with Crippen molar-refractivity contribution in [3.05, 3.63) is 38.5 Å². The Balaban J connectivity index is 2.23. The fraction of sp³-hybridized carbons (Fsp3) is 0.682. The summed E-state index contributed by atoms with van der Waals surface area (Å²) in [7, 11) is 1.28. The number of unbranched alkanes of at least 4 members (excludes halogenated alkanes) is 7. The Morgan fingerprint density at radius 1 is 1.10 bits per heavy atom. The number of hydrogen-bond donors (Lipinski definition) is 3. The average Bonchev–Trinajstić information content (AvgIpc) is 2.70. The average molecular weight is 425 g/mol. The number of H-pyrrole nitrogens is 2. The second-order valence-corrected chi connectivity index (χ2v) is 7.82. The molecule has 1 heterocycles. The van der Waals surface area contributed by atoms with Crippen molar-refractivity contribution < 1.29 is 14.6 Å². The van der Waals surface area contributed by atoms with E-state index in [2.05, 4.69) is 29.0 Å². The quantitative estimate of drug-likeness (QED) is 0.160. The normalized spacial score (nSPS) is 12.4. The molecule has 0 radical (unpaired) electrons. The summed E-state index contributed by atoms with van der Waals surface area (Å²) in [4.78, 5) is 29.2. The molecule has 6 nitrogen and oxygen atoms in total. The van der Waals surface area contributed by atoms with Crippen LogP contribution in [0.1, 0.15) is 93.6 Å². The molecule has 7 heteroatoms. The van der Waals surface area contributed by atoms with E-state index in [1.165, 1.54) is 26.4 Å². The van der Waals surface area contributed by atoms with E-state index < -0.39 is 5.97 Å². The summed E-state index contributed by atoms with van der Waals surface area (Å²) in [6.07, 6.45) is 15.8. The molecule has 3 N–H and O–H groups in total. The molecule has 0 bridgehead atoms. The maximum absolute atomic E-state index is 12.1. The van der Waals surface area contributed by atoms with E-state index in [9.17, 15) is 14.7 Å². The zero-order valence-corrected chi connectivity index (χ0v) is 18.6. The summed E-state index contributed by atoms with van der Waals surface area (Å²) >= 11 is 4.92. The second-order valence-electron chi connectivity index (χ2n) is 7.42. The van der Waals surface area contributed by atoms with Gasteiger partial charge in [0.25, 0.3) is 5.56 Å². The van der Waals surface area contributed by atoms with E-state index in [0.717, 1.165) is 51.4 Å². The Kier molecular flexibility index (Phi) is 13.2. The van der Waals surface area contributed by atoms with Crippen molar-refractivity contribution in [2.45, 2.75) is 90.1 Å². The van der Waals surface area contributed by atoms with Crippen LogP contribution in [-0.4, -0.2) is 34.3 Å². The number of nitrogens with one attached hydrogen (secondary N) is 2. The lowest BCUT2D eigenvalue weighted by molar-refractivity contribution is 0.0592. The maximum atomic E-state index is 12.1. The number of rotatable bonds is 15. The van der Waals surface area contributed by atoms with Crippen molar-refractivity contribution in [1.82, 2.24) is 9.97 Å². The Labute approximate surface area is 178 Å². The summed E-state index contributed by atoms with van der Waals surface area (Å²) in [5.74, 6) is -0.574. The Hall–Kier alpha value is -1.73. The summed E-state index contributed by atoms with van der Waals surface area (Å²) in [5, 5.41) is 9.93. The maximum Gasteiger partial charge on any atom is 0.355 e. The first kappa shape index (κ1) is 25.3. The van der Waals surface area contributed by atoms with Gasteiger partial charge in [-0.25, -0.2) is 4.79 Å². The van der Waals surface area contributed by atoms with Crippen molar-refractivity contribution in [1.29, 1.82) is 0 Å². The summed E-state index contributed by atoms with van der Waals surface area (Å²) in [5.41, 5.74) is 0.223. The first-order valence-corrected chi connectivity index (χ1v) is 11.2. The molecule has 1 aromatic rings. The molecule has 0 aliphatic heterocycles. The minimum atomic E-state index is -0.574. The molecule has 0 saturated carbocycles. The zero-order chi connectivity index (χ0) is 21.5. The predicted molar refractivity (Wildman–Crippen MR) is 119 cm³/mol. The van der Waals surface area contributed by atoms with Crippen molar-refractivity contribution in [2.75, 3.05) is 7.11 Å². The highest BCUT2D eigenvalue weighted by molar-refractivity contribution is 7.71. The minimum Gasteiger partial charge on any atom is -0.464 e. The van der Waals surface area contributed by atoms with Gasteiger partial charge in [0, 0.05) is 5.56 Å². The van der Waals surface area contributed by atoms with Crippen LogP contribution in [0.2, 0.25) is 0 Å². The number of carbonyl (C=O) groups is 1. The molecule has 29 heavy (non-hydrogen) atoms. The number of hydrogen-bond acceptors (Lipinski definition) is 5. The van der Waals surface area contributed by atoms with E-state index in [1.807, 2.05) is 0 Å². The number of methoxy groups -OCH3 is 1. The van der Waals surface area contributed by atoms with E-state index >= 15 is 0 Å². The molecule has 0 aliphatic rings. The molecule has 1 rings (SSSR count). The smallest absolute Gasteiger partial charge is 0.355 e. The zero-order valence-electron chi connectivity index (χ0n) is 17.8. The fourth-order valence-corrected chi connectivity index (χ4v) is 3.44. The minimum absolute atomic E-state index is 0.122. The molecular formula is C22H36N2O4S. The predicted octanol–water partition coefficient (Wildman–Crippen LogP) is 4.99. The van der Waals surface area contributed by atoms with Gasteiger partial charge < -0.3 is 14.8 Å². The Morgan fingerprint density at radius 2 is 1.83 bits per heavy atom. The van der Waals surface area contributed by atoms with Gasteiger partial charge in [-0.1, -0.05) is 57.6 Å². The number of ether oxygens (including phenoxy) is 1. The first-order valence-electron chi connectivity index (χ1n) is 10.8. The summed E-state index contributed by atoms with van der Waals surface area (Å²) < 4.78 is 4.85. The third-order valence-corrected chi connectivity index (χ3v) is 5.15. The standard InChI is InChI=1S/C22H36N2O4S/c1-3-4-5-11-14-17(25)15-12-9-7-6-8-10-13-16-18-19(21(27)28-2)23-22(29)24-20(18)26/h9,12,17,25H,3-8,10-11,13-16H2,1-2H3,(H2,23,24,26,29)/b12-9+. The molecule has 1 unspecified atom stereocenters. The molecule has 0 amide bonds. The van der Waals surface area contributed by atoms with E-state index in [0.29, 0.717) is 12.0 Å². The number of aromatic nitrogens is 2. The lowest BCUT2D eigenvalue weighted by atomic mass is 10.0. The van der Waals surface area contributed by atoms with Gasteiger partial charge in [-0.15, -0.1) is 0 Å². The van der Waals surface area contributed by atoms with Gasteiger partial charge in [0.05, 0.1) is 13.2 Å². The van der Waals surface area contributed by atoms with Gasteiger partial charge in [-0.2, -0.15) is 0 Å². The Morgan fingerprint density at radius 3 is 2.55 bits per heavy atom. The lowest BCUT2D eigenvalue weighted by Crippen LogP contribution is -2.21. The highest BCUT2D eigenvalue weighted by atomic mass is 32.1. The largest absolute Gasteiger partial charge is 0.464 e. The highest BCUT2D eigenvalue weighted by Crippen LogP contribution is 2.11. The van der Waals surface area contributed by atoms with Gasteiger partial charge in [-0.05, 0) is 50.7 Å². The van der Waals surface area contributed by atoms with Crippen LogP contribution in [0.4, 0.5) is 0 Å². The van der Waals surface area contributed by atoms with Crippen LogP contribution in [0.15, 0.2) is 16.9 Å². The van der Waals surface area contributed by atoms with Crippen LogP contribution in [-0.2, 0) is 11.2 Å². The van der Waals surface area contributed by atoms with Gasteiger partial charge in [0.2, 0.25) is 0 Å². The highest BCUT2D eigenvalue weighted by Gasteiger charge is 2.15. The third kappa shape index (κ3) is 10.6. The third-order valence-electron chi connectivity index (χ3n) is 4.94. The van der Waals surface area contributed by atoms with Crippen LogP contribution in [0.25, 0.3) is 0 Å². The van der Waals surface area contributed by atoms with Crippen molar-refractivity contribution in [2.24, 2.45) is 0 Å². The summed E-state index contributed by atoms with van der Waals surface area (Å²) in [6, 6.07) is 0. The summed E-state index contributed by atoms with van der Waals surface area (Å²) in [6.45, 7) is 2.19. The van der Waals surface area contributed by atoms with Gasteiger partial charge in [0.1, 0.15) is 5.69 Å². The van der Waals surface area contributed by atoms with Gasteiger partial charge in [0.15, 0.2) is 4.77 Å². The Bertz CT molecular complexity index is 739. The molecule has 0 aromatic carbocycles. The molecule has 1 atom stereocenters. The number of esters is 1. The number of aromatic amines is 2. The number of aliphatic hydroxyl groups excluding tert-OH is 1. The number of carbonyl (C=O) groups excluding carboxylic acids is 1. The van der Waals surface area contributed by atoms with Crippen LogP contribution in [0.3, 0.4) is 0 Å².